The van der Waals surface area contributed by atoms with Gasteiger partial charge in [0.2, 0.25) is 0 Å². The minimum Gasteiger partial charge on any atom is -0.345 e. The topological polar surface area (TPSA) is 33.5 Å². The second-order valence-electron chi connectivity index (χ2n) is 5.95. The normalized spacial score (nSPS) is 24.1. The van der Waals surface area contributed by atoms with E-state index in [1.165, 1.54) is 17.7 Å². The minimum atomic E-state index is 0.0304. The molecule has 1 aliphatic rings. The summed E-state index contributed by atoms with van der Waals surface area (Å²) in [4.78, 5) is 13.5. The third-order valence-corrected chi connectivity index (χ3v) is 4.39. The molecule has 0 radical (unpaired) electrons. The van der Waals surface area contributed by atoms with Crippen LogP contribution in [0.2, 0.25) is 5.02 Å². The lowest BCUT2D eigenvalue weighted by Gasteiger charge is -2.27. The lowest BCUT2D eigenvalue weighted by molar-refractivity contribution is -0.898. The second-order valence-corrected chi connectivity index (χ2v) is 6.39. The number of nitrogens with one attached hydrogen (secondary N) is 2. The number of likely N-dealkylation sites (tertiary alicyclic amines) is 1. The molecular weight excluding hydrogens is 272 g/mol. The number of rotatable bonds is 4. The molecule has 110 valence electrons. The molecule has 4 heteroatoms. The van der Waals surface area contributed by atoms with Crippen molar-refractivity contribution in [2.24, 2.45) is 5.92 Å². The average molecular weight is 296 g/mol. The van der Waals surface area contributed by atoms with Crippen LogP contribution in [-0.4, -0.2) is 25.5 Å². The Labute approximate surface area is 126 Å². The van der Waals surface area contributed by atoms with E-state index < -0.39 is 0 Å². The number of carbonyl (C=O) groups excluding carboxylic acids is 1. The van der Waals surface area contributed by atoms with E-state index in [9.17, 15) is 4.79 Å². The smallest absolute Gasteiger partial charge is 0.275 e. The fourth-order valence-corrected chi connectivity index (χ4v) is 2.83. The van der Waals surface area contributed by atoms with E-state index in [1.807, 2.05) is 31.2 Å². The molecule has 3 nitrogen and oxygen atoms in total. The van der Waals surface area contributed by atoms with Crippen LogP contribution in [0.5, 0.6) is 0 Å². The first-order valence-electron chi connectivity index (χ1n) is 7.43. The van der Waals surface area contributed by atoms with Gasteiger partial charge in [0.25, 0.3) is 5.91 Å². The number of hydrogen-bond donors (Lipinski definition) is 2. The summed E-state index contributed by atoms with van der Waals surface area (Å²) in [5.41, 5.74) is 1.09. The minimum absolute atomic E-state index is 0.0304. The van der Waals surface area contributed by atoms with E-state index in [4.69, 9.17) is 11.6 Å². The molecule has 1 aromatic rings. The van der Waals surface area contributed by atoms with Gasteiger partial charge in [-0.3, -0.25) is 4.79 Å². The summed E-state index contributed by atoms with van der Waals surface area (Å²) in [6.07, 6.45) is 2.46. The average Bonchev–Trinajstić information content (AvgIpc) is 2.42. The Morgan fingerprint density at radius 1 is 1.35 bits per heavy atom. The van der Waals surface area contributed by atoms with E-state index in [0.29, 0.717) is 6.54 Å². The molecule has 0 unspecified atom stereocenters. The number of benzene rings is 1. The van der Waals surface area contributed by atoms with Crippen molar-refractivity contribution in [3.8, 4) is 0 Å². The van der Waals surface area contributed by atoms with E-state index in [2.05, 4.69) is 12.2 Å². The first-order chi connectivity index (χ1) is 9.54. The van der Waals surface area contributed by atoms with E-state index in [-0.39, 0.29) is 11.9 Å². The molecule has 0 aliphatic carbocycles. The van der Waals surface area contributed by atoms with Crippen molar-refractivity contribution in [1.29, 1.82) is 0 Å². The fraction of sp³-hybridized carbons (Fsp3) is 0.562. The summed E-state index contributed by atoms with van der Waals surface area (Å²) in [6.45, 7) is 7.12. The van der Waals surface area contributed by atoms with Gasteiger partial charge in [0.1, 0.15) is 0 Å². The van der Waals surface area contributed by atoms with E-state index >= 15 is 0 Å². The number of hydrogen-bond acceptors (Lipinski definition) is 1. The maximum Gasteiger partial charge on any atom is 0.275 e. The Morgan fingerprint density at radius 2 is 1.95 bits per heavy atom. The molecule has 1 atom stereocenters. The number of halogens is 1. The maximum atomic E-state index is 12.1. The first kappa shape index (κ1) is 15.3. The molecule has 1 fully saturated rings. The van der Waals surface area contributed by atoms with Gasteiger partial charge in [-0.2, -0.15) is 0 Å². The van der Waals surface area contributed by atoms with Gasteiger partial charge < -0.3 is 10.2 Å². The molecule has 1 aliphatic heterocycles. The number of piperidine rings is 1. The molecule has 1 amide bonds. The van der Waals surface area contributed by atoms with Gasteiger partial charge in [-0.25, -0.2) is 0 Å². The Bertz CT molecular complexity index is 438. The largest absolute Gasteiger partial charge is 0.345 e. The van der Waals surface area contributed by atoms with Crippen LogP contribution in [0.3, 0.4) is 0 Å². The lowest BCUT2D eigenvalue weighted by Crippen LogP contribution is -3.14. The third kappa shape index (κ3) is 4.50. The van der Waals surface area contributed by atoms with Crippen LogP contribution in [-0.2, 0) is 4.79 Å². The highest BCUT2D eigenvalue weighted by molar-refractivity contribution is 6.30. The summed E-state index contributed by atoms with van der Waals surface area (Å²) in [7, 11) is 0. The summed E-state index contributed by atoms with van der Waals surface area (Å²) in [6, 6.07) is 7.67. The van der Waals surface area contributed by atoms with Crippen molar-refractivity contribution >= 4 is 17.5 Å². The zero-order valence-corrected chi connectivity index (χ0v) is 13.0. The second kappa shape index (κ2) is 7.09. The molecule has 0 bridgehead atoms. The molecule has 0 spiro atoms. The SMILES string of the molecule is CC1CC[NH+](CC(=O)N[C@H](C)c2ccc(Cl)cc2)CC1. The fourth-order valence-electron chi connectivity index (χ4n) is 2.70. The van der Waals surface area contributed by atoms with Crippen LogP contribution in [0, 0.1) is 5.92 Å². The summed E-state index contributed by atoms with van der Waals surface area (Å²) < 4.78 is 0. The quantitative estimate of drug-likeness (QED) is 0.873. The van der Waals surface area contributed by atoms with Gasteiger partial charge in [-0.05, 0) is 43.4 Å². The molecule has 0 saturated carbocycles. The van der Waals surface area contributed by atoms with E-state index in [0.717, 1.165) is 29.6 Å². The molecular formula is C16H24ClN2O+. The van der Waals surface area contributed by atoms with Gasteiger partial charge in [0, 0.05) is 5.02 Å². The predicted octanol–water partition coefficient (Wildman–Crippen LogP) is 1.83. The molecule has 1 heterocycles. The highest BCUT2D eigenvalue weighted by Gasteiger charge is 2.22. The lowest BCUT2D eigenvalue weighted by atomic mass is 9.99. The Kier molecular flexibility index (Phi) is 5.44. The molecule has 1 saturated heterocycles. The Morgan fingerprint density at radius 3 is 2.55 bits per heavy atom. The van der Waals surface area contributed by atoms with Gasteiger partial charge in [0.05, 0.1) is 19.1 Å². The van der Waals surface area contributed by atoms with Crippen molar-refractivity contribution in [3.63, 3.8) is 0 Å². The van der Waals surface area contributed by atoms with Crippen LogP contribution < -0.4 is 10.2 Å². The summed E-state index contributed by atoms with van der Waals surface area (Å²) in [5.74, 6) is 0.951. The monoisotopic (exact) mass is 295 g/mol. The van der Waals surface area contributed by atoms with Crippen LogP contribution in [0.1, 0.15) is 38.3 Å². The Hall–Kier alpha value is -1.06. The summed E-state index contributed by atoms with van der Waals surface area (Å²) >= 11 is 5.87. The summed E-state index contributed by atoms with van der Waals surface area (Å²) in [5, 5.41) is 3.79. The van der Waals surface area contributed by atoms with Crippen LogP contribution in [0.15, 0.2) is 24.3 Å². The molecule has 20 heavy (non-hydrogen) atoms. The first-order valence-corrected chi connectivity index (χ1v) is 7.81. The highest BCUT2D eigenvalue weighted by atomic mass is 35.5. The highest BCUT2D eigenvalue weighted by Crippen LogP contribution is 2.15. The number of carbonyl (C=O) groups is 1. The number of quaternary nitrogens is 1. The third-order valence-electron chi connectivity index (χ3n) is 4.14. The van der Waals surface area contributed by atoms with Gasteiger partial charge >= 0.3 is 0 Å². The van der Waals surface area contributed by atoms with Crippen LogP contribution >= 0.6 is 11.6 Å². The predicted molar refractivity (Wildman–Crippen MR) is 82.0 cm³/mol. The molecule has 2 N–H and O–H groups in total. The van der Waals surface area contributed by atoms with Gasteiger partial charge in [0.15, 0.2) is 6.54 Å². The van der Waals surface area contributed by atoms with Crippen molar-refractivity contribution in [3.05, 3.63) is 34.9 Å². The molecule has 0 aromatic heterocycles. The van der Waals surface area contributed by atoms with Crippen LogP contribution in [0.25, 0.3) is 0 Å². The van der Waals surface area contributed by atoms with Crippen molar-refractivity contribution in [1.82, 2.24) is 5.32 Å². The number of amides is 1. The van der Waals surface area contributed by atoms with Crippen molar-refractivity contribution in [2.45, 2.75) is 32.7 Å². The van der Waals surface area contributed by atoms with Gasteiger partial charge in [-0.15, -0.1) is 0 Å². The van der Waals surface area contributed by atoms with Crippen LogP contribution in [0.4, 0.5) is 0 Å². The van der Waals surface area contributed by atoms with E-state index in [1.54, 1.807) is 0 Å². The van der Waals surface area contributed by atoms with Gasteiger partial charge in [-0.1, -0.05) is 30.7 Å². The Balaban J connectivity index is 1.80. The maximum absolute atomic E-state index is 12.1. The van der Waals surface area contributed by atoms with Crippen molar-refractivity contribution < 1.29 is 9.69 Å². The zero-order chi connectivity index (χ0) is 14.5. The standard InChI is InChI=1S/C16H23ClN2O/c1-12-7-9-19(10-8-12)11-16(20)18-13(2)14-3-5-15(17)6-4-14/h3-6,12-13H,7-11H2,1-2H3,(H,18,20)/p+1/t13-/m1/s1. The zero-order valence-electron chi connectivity index (χ0n) is 12.3. The van der Waals surface area contributed by atoms with Crippen molar-refractivity contribution in [2.75, 3.05) is 19.6 Å². The molecule has 2 rings (SSSR count). The molecule has 1 aromatic carbocycles.